The molecule has 2 amide bonds. The monoisotopic (exact) mass is 409 g/mol. The van der Waals surface area contributed by atoms with E-state index in [-0.39, 0.29) is 29.7 Å². The fraction of sp³-hybridized carbons (Fsp3) is 0.458. The van der Waals surface area contributed by atoms with Gasteiger partial charge in [-0.3, -0.25) is 14.6 Å². The normalized spacial score (nSPS) is 24.0. The van der Waals surface area contributed by atoms with Gasteiger partial charge < -0.3 is 15.3 Å². The van der Waals surface area contributed by atoms with Crippen LogP contribution in [0.4, 0.5) is 0 Å². The third-order valence-electron chi connectivity index (χ3n) is 6.31. The number of carbonyl (C=O) groups is 2. The van der Waals surface area contributed by atoms with Crippen LogP contribution in [0.1, 0.15) is 43.7 Å². The van der Waals surface area contributed by atoms with Crippen LogP contribution < -0.4 is 5.32 Å². The van der Waals surface area contributed by atoms with E-state index < -0.39 is 6.10 Å². The van der Waals surface area contributed by atoms with E-state index in [0.29, 0.717) is 19.4 Å². The minimum absolute atomic E-state index is 0.0267. The SMILES string of the molecule is CC(=O)NC[C@]1(c2ccccc2)CC[C@H](O)[C@@H](N(C)C(=O)Cc2cccnc2)CC1. The summed E-state index contributed by atoms with van der Waals surface area (Å²) >= 11 is 0. The first-order valence-corrected chi connectivity index (χ1v) is 10.5. The number of rotatable bonds is 6. The molecular formula is C24H31N3O3. The van der Waals surface area contributed by atoms with Gasteiger partial charge in [0.25, 0.3) is 0 Å². The average Bonchev–Trinajstić information content (AvgIpc) is 2.93. The summed E-state index contributed by atoms with van der Waals surface area (Å²) in [5.41, 5.74) is 1.77. The van der Waals surface area contributed by atoms with Crippen molar-refractivity contribution in [1.82, 2.24) is 15.2 Å². The second-order valence-electron chi connectivity index (χ2n) is 8.31. The Morgan fingerprint density at radius 2 is 1.90 bits per heavy atom. The van der Waals surface area contributed by atoms with Gasteiger partial charge in [0.1, 0.15) is 0 Å². The molecule has 0 radical (unpaired) electrons. The quantitative estimate of drug-likeness (QED) is 0.718. The first kappa shape index (κ1) is 22.0. The van der Waals surface area contributed by atoms with Crippen LogP contribution in [0.2, 0.25) is 0 Å². The number of aromatic nitrogens is 1. The number of pyridine rings is 1. The second kappa shape index (κ2) is 9.85. The molecule has 6 heteroatoms. The lowest BCUT2D eigenvalue weighted by Gasteiger charge is -2.34. The maximum Gasteiger partial charge on any atom is 0.227 e. The van der Waals surface area contributed by atoms with E-state index in [1.165, 1.54) is 6.92 Å². The van der Waals surface area contributed by atoms with Crippen LogP contribution in [-0.2, 0) is 21.4 Å². The Bertz CT molecular complexity index is 843. The Kier molecular flexibility index (Phi) is 7.21. The number of carbonyl (C=O) groups excluding carboxylic acids is 2. The highest BCUT2D eigenvalue weighted by atomic mass is 16.3. The Morgan fingerprint density at radius 1 is 1.17 bits per heavy atom. The molecule has 160 valence electrons. The predicted molar refractivity (Wildman–Crippen MR) is 116 cm³/mol. The smallest absolute Gasteiger partial charge is 0.227 e. The number of aliphatic hydroxyl groups is 1. The zero-order valence-electron chi connectivity index (χ0n) is 17.8. The summed E-state index contributed by atoms with van der Waals surface area (Å²) in [6.07, 6.45) is 5.82. The van der Waals surface area contributed by atoms with Gasteiger partial charge in [-0.1, -0.05) is 36.4 Å². The first-order chi connectivity index (χ1) is 14.4. The van der Waals surface area contributed by atoms with Crippen molar-refractivity contribution in [2.45, 2.75) is 56.6 Å². The molecule has 1 aliphatic carbocycles. The van der Waals surface area contributed by atoms with Crippen molar-refractivity contribution in [2.75, 3.05) is 13.6 Å². The molecule has 3 rings (SSSR count). The largest absolute Gasteiger partial charge is 0.391 e. The number of amides is 2. The molecule has 1 aromatic carbocycles. The molecule has 0 aliphatic heterocycles. The van der Waals surface area contributed by atoms with Gasteiger partial charge >= 0.3 is 0 Å². The molecule has 6 nitrogen and oxygen atoms in total. The van der Waals surface area contributed by atoms with Crippen molar-refractivity contribution in [2.24, 2.45) is 0 Å². The third-order valence-corrected chi connectivity index (χ3v) is 6.31. The molecule has 0 saturated heterocycles. The van der Waals surface area contributed by atoms with Gasteiger partial charge in [0.15, 0.2) is 0 Å². The number of likely N-dealkylation sites (N-methyl/N-ethyl adjacent to an activating group) is 1. The third kappa shape index (κ3) is 5.25. The van der Waals surface area contributed by atoms with Crippen molar-refractivity contribution < 1.29 is 14.7 Å². The van der Waals surface area contributed by atoms with E-state index in [2.05, 4.69) is 22.4 Å². The highest BCUT2D eigenvalue weighted by Gasteiger charge is 2.39. The van der Waals surface area contributed by atoms with Crippen LogP contribution in [0.25, 0.3) is 0 Å². The van der Waals surface area contributed by atoms with Gasteiger partial charge in [-0.2, -0.15) is 0 Å². The lowest BCUT2D eigenvalue weighted by atomic mass is 9.74. The molecule has 0 unspecified atom stereocenters. The van der Waals surface area contributed by atoms with Gasteiger partial charge in [-0.25, -0.2) is 0 Å². The number of hydrogen-bond acceptors (Lipinski definition) is 4. The van der Waals surface area contributed by atoms with E-state index in [9.17, 15) is 14.7 Å². The minimum atomic E-state index is -0.601. The van der Waals surface area contributed by atoms with Gasteiger partial charge in [0.05, 0.1) is 18.6 Å². The number of hydrogen-bond donors (Lipinski definition) is 2. The van der Waals surface area contributed by atoms with Gasteiger partial charge in [0.2, 0.25) is 11.8 Å². The minimum Gasteiger partial charge on any atom is -0.391 e. The molecule has 0 bridgehead atoms. The van der Waals surface area contributed by atoms with Crippen LogP contribution >= 0.6 is 0 Å². The molecular weight excluding hydrogens is 378 g/mol. The number of benzene rings is 1. The lowest BCUT2D eigenvalue weighted by molar-refractivity contribution is -0.133. The Labute approximate surface area is 178 Å². The fourth-order valence-electron chi connectivity index (χ4n) is 4.45. The van der Waals surface area contributed by atoms with Crippen LogP contribution in [0.15, 0.2) is 54.9 Å². The van der Waals surface area contributed by atoms with Gasteiger partial charge in [-0.05, 0) is 42.9 Å². The summed E-state index contributed by atoms with van der Waals surface area (Å²) in [4.78, 5) is 30.2. The summed E-state index contributed by atoms with van der Waals surface area (Å²) in [6, 6.07) is 13.6. The van der Waals surface area contributed by atoms with Crippen molar-refractivity contribution in [3.8, 4) is 0 Å². The van der Waals surface area contributed by atoms with E-state index in [1.54, 1.807) is 24.3 Å². The molecule has 1 heterocycles. The molecule has 1 aromatic heterocycles. The molecule has 1 fully saturated rings. The molecule has 1 aliphatic rings. The number of nitrogens with zero attached hydrogens (tertiary/aromatic N) is 2. The lowest BCUT2D eigenvalue weighted by Crippen LogP contribution is -2.45. The van der Waals surface area contributed by atoms with Crippen molar-refractivity contribution in [1.29, 1.82) is 0 Å². The zero-order chi connectivity index (χ0) is 21.6. The number of nitrogens with one attached hydrogen (secondary N) is 1. The summed E-state index contributed by atoms with van der Waals surface area (Å²) in [6.45, 7) is 2.05. The van der Waals surface area contributed by atoms with Crippen molar-refractivity contribution in [3.63, 3.8) is 0 Å². The van der Waals surface area contributed by atoms with E-state index in [1.807, 2.05) is 30.3 Å². The van der Waals surface area contributed by atoms with E-state index in [0.717, 1.165) is 24.0 Å². The topological polar surface area (TPSA) is 82.5 Å². The van der Waals surface area contributed by atoms with Crippen LogP contribution in [0.3, 0.4) is 0 Å². The molecule has 2 N–H and O–H groups in total. The van der Waals surface area contributed by atoms with Crippen molar-refractivity contribution in [3.05, 3.63) is 66.0 Å². The van der Waals surface area contributed by atoms with Crippen LogP contribution in [-0.4, -0.2) is 52.5 Å². The molecule has 3 atom stereocenters. The van der Waals surface area contributed by atoms with E-state index in [4.69, 9.17) is 0 Å². The number of aliphatic hydroxyl groups excluding tert-OH is 1. The second-order valence-corrected chi connectivity index (χ2v) is 8.31. The maximum atomic E-state index is 12.8. The average molecular weight is 410 g/mol. The summed E-state index contributed by atoms with van der Waals surface area (Å²) in [5.74, 6) is -0.0865. The predicted octanol–water partition coefficient (Wildman–Crippen LogP) is 2.46. The van der Waals surface area contributed by atoms with Gasteiger partial charge in [-0.15, -0.1) is 0 Å². The Hall–Kier alpha value is -2.73. The summed E-state index contributed by atoms with van der Waals surface area (Å²) < 4.78 is 0. The molecule has 2 aromatic rings. The maximum absolute atomic E-state index is 12.8. The highest BCUT2D eigenvalue weighted by molar-refractivity contribution is 5.78. The Balaban J connectivity index is 1.76. The summed E-state index contributed by atoms with van der Waals surface area (Å²) in [5, 5.41) is 13.9. The van der Waals surface area contributed by atoms with Crippen LogP contribution in [0.5, 0.6) is 0 Å². The fourth-order valence-corrected chi connectivity index (χ4v) is 4.45. The zero-order valence-corrected chi connectivity index (χ0v) is 17.8. The van der Waals surface area contributed by atoms with E-state index >= 15 is 0 Å². The molecule has 0 spiro atoms. The molecule has 1 saturated carbocycles. The standard InChI is InChI=1S/C24H31N3O3/c1-18(28)26-17-24(20-8-4-3-5-9-20)12-10-21(22(29)11-13-24)27(2)23(30)15-19-7-6-14-25-16-19/h3-9,14,16,21-22,29H,10-13,15,17H2,1-2H3,(H,26,28)/t21-,22-,24+/m0/s1. The van der Waals surface area contributed by atoms with Gasteiger partial charge in [0, 0.05) is 38.3 Å². The highest BCUT2D eigenvalue weighted by Crippen LogP contribution is 2.39. The van der Waals surface area contributed by atoms with Crippen LogP contribution in [0, 0.1) is 0 Å². The molecule has 30 heavy (non-hydrogen) atoms. The first-order valence-electron chi connectivity index (χ1n) is 10.5. The van der Waals surface area contributed by atoms with Crippen molar-refractivity contribution >= 4 is 11.8 Å². The summed E-state index contributed by atoms with van der Waals surface area (Å²) in [7, 11) is 1.77. The Morgan fingerprint density at radius 3 is 2.57 bits per heavy atom.